The molecular formula is C52H54O4. The Kier molecular flexibility index (Phi) is 5.97. The van der Waals surface area contributed by atoms with Gasteiger partial charge in [-0.1, -0.05) is 97.1 Å². The van der Waals surface area contributed by atoms with Crippen molar-refractivity contribution in [2.75, 3.05) is 0 Å². The topological polar surface area (TPSA) is 36.9 Å². The Morgan fingerprint density at radius 3 is 1.05 bits per heavy atom. The summed E-state index contributed by atoms with van der Waals surface area (Å²) in [4.78, 5) is 0. The van der Waals surface area contributed by atoms with Crippen molar-refractivity contribution >= 4 is 0 Å². The van der Waals surface area contributed by atoms with Crippen LogP contribution in [0.5, 0.6) is 23.0 Å². The van der Waals surface area contributed by atoms with Gasteiger partial charge in [0, 0.05) is 49.8 Å². The van der Waals surface area contributed by atoms with Gasteiger partial charge >= 0.3 is 0 Å². The van der Waals surface area contributed by atoms with Crippen LogP contribution >= 0.6 is 0 Å². The average molecular weight is 755 g/mol. The third kappa shape index (κ3) is 6.05. The highest BCUT2D eigenvalue weighted by Crippen LogP contribution is 2.52. The van der Waals surface area contributed by atoms with Crippen molar-refractivity contribution < 1.29 is 35.4 Å². The zero-order chi connectivity index (χ0) is 49.9. The molecule has 4 heteroatoms. The zero-order valence-electron chi connectivity index (χ0n) is 45.0. The van der Waals surface area contributed by atoms with Crippen LogP contribution in [0.2, 0.25) is 0 Å². The summed E-state index contributed by atoms with van der Waals surface area (Å²) in [5.41, 5.74) is -2.99. The van der Waals surface area contributed by atoms with Crippen molar-refractivity contribution in [1.29, 1.82) is 0 Å². The fraction of sp³-hybridized carbons (Fsp3) is 0.308. The van der Waals surface area contributed by atoms with E-state index in [0.717, 1.165) is 22.3 Å². The lowest BCUT2D eigenvalue weighted by molar-refractivity contribution is 0.0516. The Morgan fingerprint density at radius 1 is 0.357 bits per heavy atom. The van der Waals surface area contributed by atoms with Gasteiger partial charge in [-0.3, -0.25) is 0 Å². The minimum atomic E-state index is -3.12. The highest BCUT2D eigenvalue weighted by molar-refractivity contribution is 5.89. The van der Waals surface area contributed by atoms with Crippen molar-refractivity contribution in [2.24, 2.45) is 0 Å². The van der Waals surface area contributed by atoms with Gasteiger partial charge in [0.25, 0.3) is 0 Å². The van der Waals surface area contributed by atoms with Gasteiger partial charge in [0.1, 0.15) is 22.4 Å². The molecule has 2 aliphatic heterocycles. The van der Waals surface area contributed by atoms with E-state index in [1.165, 1.54) is 24.3 Å². The van der Waals surface area contributed by atoms with Gasteiger partial charge in [-0.2, -0.15) is 0 Å². The van der Waals surface area contributed by atoms with Crippen LogP contribution in [0.15, 0.2) is 109 Å². The molecule has 56 heavy (non-hydrogen) atoms. The number of hydrogen-bond donors (Lipinski definition) is 0. The van der Waals surface area contributed by atoms with Crippen LogP contribution in [0.1, 0.15) is 116 Å². The van der Waals surface area contributed by atoms with E-state index in [2.05, 4.69) is 0 Å². The molecule has 8 rings (SSSR count). The molecule has 0 saturated heterocycles. The summed E-state index contributed by atoms with van der Waals surface area (Å²) in [6.07, 6.45) is 0. The largest absolute Gasteiger partial charge is 0.479 e. The molecule has 4 nitrogen and oxygen atoms in total. The van der Waals surface area contributed by atoms with Crippen molar-refractivity contribution in [1.82, 2.24) is 0 Å². The van der Waals surface area contributed by atoms with Gasteiger partial charge in [0.15, 0.2) is 23.0 Å². The maximum atomic E-state index is 9.22. The molecule has 0 aromatic heterocycles. The molecule has 0 unspecified atom stereocenters. The summed E-state index contributed by atoms with van der Waals surface area (Å²) in [5.74, 6) is 0.597. The molecule has 2 aliphatic rings. The van der Waals surface area contributed by atoms with Crippen molar-refractivity contribution in [3.05, 3.63) is 154 Å². The van der Waals surface area contributed by atoms with Crippen molar-refractivity contribution in [3.8, 4) is 56.4 Å². The summed E-state index contributed by atoms with van der Waals surface area (Å²) in [5, 5.41) is 0. The van der Waals surface area contributed by atoms with Gasteiger partial charge in [-0.05, 0) is 139 Å². The molecule has 2 heterocycles. The Balaban J connectivity index is 1.48. The lowest BCUT2D eigenvalue weighted by atomic mass is 9.83. The minimum Gasteiger partial charge on any atom is -0.479 e. The van der Waals surface area contributed by atoms with Gasteiger partial charge in [0.2, 0.25) is 0 Å². The Labute approximate surface area is 350 Å². The van der Waals surface area contributed by atoms with E-state index in [4.69, 9.17) is 27.2 Å². The Bertz CT molecular complexity index is 2770. The van der Waals surface area contributed by atoms with Gasteiger partial charge in [0.05, 0.1) is 0 Å². The maximum absolute atomic E-state index is 9.22. The first kappa shape index (κ1) is 25.6. The molecule has 6 aromatic carbocycles. The van der Waals surface area contributed by atoms with Crippen LogP contribution in [-0.2, 0) is 22.4 Å². The lowest BCUT2D eigenvalue weighted by Crippen LogP contribution is -2.36. The number of fused-ring (bicyclic) bond motifs is 4. The lowest BCUT2D eigenvalue weighted by Gasteiger charge is -2.39. The van der Waals surface area contributed by atoms with Crippen LogP contribution in [0.4, 0.5) is 0 Å². The number of rotatable bonds is 3. The van der Waals surface area contributed by atoms with E-state index in [1.54, 1.807) is 36.4 Å². The second kappa shape index (κ2) is 13.0. The highest BCUT2D eigenvalue weighted by Gasteiger charge is 2.40. The molecule has 0 bridgehead atoms. The average Bonchev–Trinajstić information content (AvgIpc) is 3.21. The summed E-state index contributed by atoms with van der Waals surface area (Å²) in [6.45, 7) is 2.99. The van der Waals surface area contributed by atoms with E-state index in [1.807, 2.05) is 104 Å². The smallest absolute Gasteiger partial charge is 0.170 e. The number of aryl methyl sites for hydroxylation is 2. The summed E-state index contributed by atoms with van der Waals surface area (Å²) >= 11 is 0. The van der Waals surface area contributed by atoms with E-state index < -0.39 is 60.9 Å². The third-order valence-corrected chi connectivity index (χ3v) is 11.1. The van der Waals surface area contributed by atoms with Crippen LogP contribution in [0, 0.1) is 27.4 Å². The van der Waals surface area contributed by atoms with E-state index in [9.17, 15) is 8.22 Å². The SMILES string of the molecule is [2H]C([2H])([2H])c1ccc(-c2ccc(C([2H])([2H])[2H])c(-c3cccc4c3OC(C)(C)c3ccccc3C(C)(C)O4)c2C([2H])([2H])[2H])c(C([2H])([2H])[2H])c1-c1cccc2c1OC(C)(C)c1ccccc1C(C)(C)O2. The van der Waals surface area contributed by atoms with Crippen LogP contribution in [-0.4, -0.2) is 0 Å². The second-order valence-electron chi connectivity index (χ2n) is 16.6. The molecule has 6 aromatic rings. The monoisotopic (exact) mass is 754 g/mol. The molecule has 0 radical (unpaired) electrons. The number of ether oxygens (including phenoxy) is 4. The van der Waals surface area contributed by atoms with E-state index in [-0.39, 0.29) is 67.5 Å². The number of benzene rings is 6. The third-order valence-electron chi connectivity index (χ3n) is 11.1. The first-order valence-electron chi connectivity index (χ1n) is 24.8. The van der Waals surface area contributed by atoms with Crippen LogP contribution < -0.4 is 18.9 Å². The fourth-order valence-electron chi connectivity index (χ4n) is 8.36. The fourth-order valence-corrected chi connectivity index (χ4v) is 8.36. The maximum Gasteiger partial charge on any atom is 0.170 e. The van der Waals surface area contributed by atoms with E-state index in [0.29, 0.717) is 0 Å². The van der Waals surface area contributed by atoms with Crippen molar-refractivity contribution in [2.45, 2.75) is 105 Å². The summed E-state index contributed by atoms with van der Waals surface area (Å²) < 4.78 is 135. The molecule has 0 N–H and O–H groups in total. The molecule has 0 atom stereocenters. The number of para-hydroxylation sites is 2. The van der Waals surface area contributed by atoms with E-state index >= 15 is 0 Å². The molecule has 0 fully saturated rings. The molecule has 0 aliphatic carbocycles. The summed E-state index contributed by atoms with van der Waals surface area (Å²) in [7, 11) is 0. The van der Waals surface area contributed by atoms with Crippen LogP contribution in [0.25, 0.3) is 33.4 Å². The molecular weight excluding hydrogens is 689 g/mol. The Hall–Kier alpha value is -5.48. The molecule has 286 valence electrons. The number of hydrogen-bond acceptors (Lipinski definition) is 4. The molecule has 0 amide bonds. The molecule has 0 spiro atoms. The predicted molar refractivity (Wildman–Crippen MR) is 229 cm³/mol. The standard InChI is InChI=1S/C52H54O4/c1-31-27-29-35(33(3)45(31)37-19-17-25-43-47(37)55-51(9,10)41-23-15-13-21-39(41)49(5,6)53-43)36-30-28-32(2)46(34(36)4)38-20-18-26-44-48(38)56-52(11,12)42-24-16-14-22-40(42)50(7,8)54-44/h13-30H,1-12H3/i1D3,2D3,3D3,4D3. The van der Waals surface area contributed by atoms with Gasteiger partial charge in [-0.15, -0.1) is 0 Å². The van der Waals surface area contributed by atoms with Crippen molar-refractivity contribution in [3.63, 3.8) is 0 Å². The second-order valence-corrected chi connectivity index (χ2v) is 16.6. The quantitative estimate of drug-likeness (QED) is 0.180. The van der Waals surface area contributed by atoms with Gasteiger partial charge < -0.3 is 18.9 Å². The zero-order valence-corrected chi connectivity index (χ0v) is 33.0. The van der Waals surface area contributed by atoms with Crippen LogP contribution in [0.3, 0.4) is 0 Å². The predicted octanol–water partition coefficient (Wildman–Crippen LogP) is 13.8. The minimum absolute atomic E-state index is 0.0786. The first-order chi connectivity index (χ1) is 31.3. The first-order valence-corrected chi connectivity index (χ1v) is 18.8. The highest BCUT2D eigenvalue weighted by atomic mass is 16.6. The Morgan fingerprint density at radius 2 is 0.714 bits per heavy atom. The summed E-state index contributed by atoms with van der Waals surface area (Å²) in [6, 6.07) is 30.1. The normalized spacial score (nSPS) is 21.1. The molecule has 0 saturated carbocycles. The van der Waals surface area contributed by atoms with Gasteiger partial charge in [-0.25, -0.2) is 0 Å².